The van der Waals surface area contributed by atoms with Crippen LogP contribution in [0.3, 0.4) is 0 Å². The zero-order valence-electron chi connectivity index (χ0n) is 14.1. The molecule has 26 heavy (non-hydrogen) atoms. The quantitative estimate of drug-likeness (QED) is 0.568. The zero-order valence-corrected chi connectivity index (χ0v) is 16.4. The number of carbonyl (C=O) groups is 1. The summed E-state index contributed by atoms with van der Waals surface area (Å²) in [5.74, 6) is 1.21. The summed E-state index contributed by atoms with van der Waals surface area (Å²) in [5, 5.41) is 12.7. The smallest absolute Gasteiger partial charge is 0.234 e. The number of anilines is 1. The van der Waals surface area contributed by atoms with E-state index < -0.39 is 0 Å². The molecule has 0 aliphatic rings. The predicted molar refractivity (Wildman–Crippen MR) is 104 cm³/mol. The summed E-state index contributed by atoms with van der Waals surface area (Å²) in [6, 6.07) is 8.64. The Kier molecular flexibility index (Phi) is 5.90. The van der Waals surface area contributed by atoms with E-state index in [9.17, 15) is 4.79 Å². The van der Waals surface area contributed by atoms with Crippen molar-refractivity contribution in [2.45, 2.75) is 25.0 Å². The fourth-order valence-electron chi connectivity index (χ4n) is 2.32. The number of furan rings is 1. The molecule has 0 saturated carbocycles. The van der Waals surface area contributed by atoms with Crippen LogP contribution in [0.15, 0.2) is 46.2 Å². The molecule has 0 radical (unpaired) electrons. The molecule has 0 aliphatic heterocycles. The van der Waals surface area contributed by atoms with Gasteiger partial charge in [-0.3, -0.25) is 9.36 Å². The Labute approximate surface area is 164 Å². The number of nitrogens with one attached hydrogen (secondary N) is 1. The Balaban J connectivity index is 1.71. The molecule has 3 aromatic rings. The number of nitrogens with zero attached hydrogens (tertiary/aromatic N) is 3. The molecule has 0 saturated heterocycles. The maximum Gasteiger partial charge on any atom is 0.234 e. The highest BCUT2D eigenvalue weighted by atomic mass is 35.5. The lowest BCUT2D eigenvalue weighted by Crippen LogP contribution is -2.15. The standard InChI is InChI=1S/C17H16Cl2N4O2S/c1-10(2)23-16(14-4-3-7-25-14)21-22-17(23)26-9-15(24)20-13-8-11(18)5-6-12(13)19/h3-8,10H,9H2,1-2H3,(H,20,24). The first-order valence-electron chi connectivity index (χ1n) is 7.82. The Morgan fingerprint density at radius 3 is 2.81 bits per heavy atom. The molecule has 0 spiro atoms. The van der Waals surface area contributed by atoms with E-state index in [-0.39, 0.29) is 17.7 Å². The average Bonchev–Trinajstić information content (AvgIpc) is 3.25. The van der Waals surface area contributed by atoms with Gasteiger partial charge in [-0.15, -0.1) is 10.2 Å². The van der Waals surface area contributed by atoms with Crippen molar-refractivity contribution in [1.29, 1.82) is 0 Å². The topological polar surface area (TPSA) is 73.0 Å². The number of aromatic nitrogens is 3. The summed E-state index contributed by atoms with van der Waals surface area (Å²) in [4.78, 5) is 12.3. The lowest BCUT2D eigenvalue weighted by Gasteiger charge is -2.12. The maximum absolute atomic E-state index is 12.3. The van der Waals surface area contributed by atoms with E-state index in [1.54, 1.807) is 30.5 Å². The van der Waals surface area contributed by atoms with Crippen molar-refractivity contribution in [2.75, 3.05) is 11.1 Å². The number of hydrogen-bond acceptors (Lipinski definition) is 5. The number of carbonyl (C=O) groups excluding carboxylic acids is 1. The molecule has 2 heterocycles. The summed E-state index contributed by atoms with van der Waals surface area (Å²) in [6.45, 7) is 4.04. The van der Waals surface area contributed by atoms with Crippen LogP contribution in [0, 0.1) is 0 Å². The highest BCUT2D eigenvalue weighted by molar-refractivity contribution is 7.99. The largest absolute Gasteiger partial charge is 0.461 e. The number of halogens is 2. The SMILES string of the molecule is CC(C)n1c(SCC(=O)Nc2cc(Cl)ccc2Cl)nnc1-c1ccco1. The lowest BCUT2D eigenvalue weighted by atomic mass is 10.3. The van der Waals surface area contributed by atoms with Crippen molar-refractivity contribution >= 4 is 46.6 Å². The molecule has 6 nitrogen and oxygen atoms in total. The van der Waals surface area contributed by atoms with E-state index >= 15 is 0 Å². The zero-order chi connectivity index (χ0) is 18.7. The summed E-state index contributed by atoms with van der Waals surface area (Å²) in [6.07, 6.45) is 1.59. The second-order valence-corrected chi connectivity index (χ2v) is 7.49. The third kappa shape index (κ3) is 4.23. The second-order valence-electron chi connectivity index (χ2n) is 5.71. The minimum absolute atomic E-state index is 0.109. The number of benzene rings is 1. The van der Waals surface area contributed by atoms with E-state index in [2.05, 4.69) is 15.5 Å². The number of rotatable bonds is 6. The van der Waals surface area contributed by atoms with Gasteiger partial charge in [0.05, 0.1) is 22.7 Å². The molecule has 0 fully saturated rings. The normalized spacial score (nSPS) is 11.1. The minimum atomic E-state index is -0.211. The van der Waals surface area contributed by atoms with Crippen LogP contribution < -0.4 is 5.32 Å². The van der Waals surface area contributed by atoms with E-state index in [4.69, 9.17) is 27.6 Å². The maximum atomic E-state index is 12.3. The molecule has 0 unspecified atom stereocenters. The fraction of sp³-hybridized carbons (Fsp3) is 0.235. The molecule has 0 atom stereocenters. The van der Waals surface area contributed by atoms with Crippen molar-refractivity contribution < 1.29 is 9.21 Å². The van der Waals surface area contributed by atoms with Crippen LogP contribution in [0.1, 0.15) is 19.9 Å². The second kappa shape index (κ2) is 8.16. The van der Waals surface area contributed by atoms with Gasteiger partial charge in [-0.1, -0.05) is 35.0 Å². The van der Waals surface area contributed by atoms with Crippen LogP contribution in [0.25, 0.3) is 11.6 Å². The van der Waals surface area contributed by atoms with Crippen LogP contribution in [0.2, 0.25) is 10.0 Å². The van der Waals surface area contributed by atoms with Crippen LogP contribution >= 0.6 is 35.0 Å². The van der Waals surface area contributed by atoms with E-state index in [0.29, 0.717) is 32.5 Å². The van der Waals surface area contributed by atoms with Crippen LogP contribution in [-0.4, -0.2) is 26.4 Å². The first kappa shape index (κ1) is 18.8. The minimum Gasteiger partial charge on any atom is -0.461 e. The molecule has 2 aromatic heterocycles. The molecule has 0 bridgehead atoms. The lowest BCUT2D eigenvalue weighted by molar-refractivity contribution is -0.113. The molecule has 1 N–H and O–H groups in total. The number of hydrogen-bond donors (Lipinski definition) is 1. The highest BCUT2D eigenvalue weighted by Gasteiger charge is 2.19. The third-order valence-electron chi connectivity index (χ3n) is 3.46. The van der Waals surface area contributed by atoms with Gasteiger partial charge in [0.1, 0.15) is 0 Å². The Hall–Kier alpha value is -1.96. The van der Waals surface area contributed by atoms with Gasteiger partial charge in [-0.25, -0.2) is 0 Å². The highest BCUT2D eigenvalue weighted by Crippen LogP contribution is 2.29. The first-order valence-corrected chi connectivity index (χ1v) is 9.56. The van der Waals surface area contributed by atoms with Crippen molar-refractivity contribution in [2.24, 2.45) is 0 Å². The molecular formula is C17H16Cl2N4O2S. The molecule has 1 amide bonds. The van der Waals surface area contributed by atoms with Crippen LogP contribution in [0.4, 0.5) is 5.69 Å². The Bertz CT molecular complexity index is 910. The Morgan fingerprint density at radius 2 is 2.12 bits per heavy atom. The summed E-state index contributed by atoms with van der Waals surface area (Å²) in [7, 11) is 0. The monoisotopic (exact) mass is 410 g/mol. The van der Waals surface area contributed by atoms with Gasteiger partial charge in [0.15, 0.2) is 10.9 Å². The van der Waals surface area contributed by atoms with Crippen molar-refractivity contribution in [3.8, 4) is 11.6 Å². The third-order valence-corrected chi connectivity index (χ3v) is 4.97. The van der Waals surface area contributed by atoms with Crippen molar-refractivity contribution in [1.82, 2.24) is 14.8 Å². The molecule has 9 heteroatoms. The van der Waals surface area contributed by atoms with Gasteiger partial charge >= 0.3 is 0 Å². The molecule has 3 rings (SSSR count). The predicted octanol–water partition coefficient (Wildman–Crippen LogP) is 5.16. The summed E-state index contributed by atoms with van der Waals surface area (Å²) >= 11 is 13.3. The van der Waals surface area contributed by atoms with Crippen LogP contribution in [-0.2, 0) is 4.79 Å². The number of thioether (sulfide) groups is 1. The van der Waals surface area contributed by atoms with Crippen molar-refractivity contribution in [3.05, 3.63) is 46.6 Å². The molecule has 136 valence electrons. The van der Waals surface area contributed by atoms with Crippen molar-refractivity contribution in [3.63, 3.8) is 0 Å². The van der Waals surface area contributed by atoms with Gasteiger partial charge in [0.25, 0.3) is 0 Å². The van der Waals surface area contributed by atoms with Gasteiger partial charge in [0.2, 0.25) is 11.7 Å². The van der Waals surface area contributed by atoms with Gasteiger partial charge in [-0.05, 0) is 44.2 Å². The molecular weight excluding hydrogens is 395 g/mol. The fourth-order valence-corrected chi connectivity index (χ4v) is 3.53. The first-order chi connectivity index (χ1) is 12.5. The van der Waals surface area contributed by atoms with E-state index in [1.165, 1.54) is 11.8 Å². The van der Waals surface area contributed by atoms with E-state index in [0.717, 1.165) is 0 Å². The molecule has 1 aromatic carbocycles. The van der Waals surface area contributed by atoms with Crippen LogP contribution in [0.5, 0.6) is 0 Å². The average molecular weight is 411 g/mol. The van der Waals surface area contributed by atoms with Gasteiger partial charge < -0.3 is 9.73 Å². The summed E-state index contributed by atoms with van der Waals surface area (Å²) in [5.41, 5.74) is 0.478. The number of amides is 1. The van der Waals surface area contributed by atoms with Gasteiger partial charge in [-0.2, -0.15) is 0 Å². The summed E-state index contributed by atoms with van der Waals surface area (Å²) < 4.78 is 7.35. The molecule has 0 aliphatic carbocycles. The van der Waals surface area contributed by atoms with Gasteiger partial charge in [0, 0.05) is 11.1 Å². The Morgan fingerprint density at radius 1 is 1.31 bits per heavy atom. The van der Waals surface area contributed by atoms with E-state index in [1.807, 2.05) is 24.5 Å².